The normalized spacial score (nSPS) is 11.5. The number of benzene rings is 6. The molecule has 2 heterocycles. The molecule has 0 fully saturated rings. The van der Waals surface area contributed by atoms with Crippen molar-refractivity contribution in [3.05, 3.63) is 156 Å². The first kappa shape index (κ1) is 27.9. The van der Waals surface area contributed by atoms with Crippen molar-refractivity contribution in [2.24, 2.45) is 0 Å². The van der Waals surface area contributed by atoms with Crippen LogP contribution in [0.1, 0.15) is 22.3 Å². The molecule has 222 valence electrons. The zero-order chi connectivity index (χ0) is 31.4. The summed E-state index contributed by atoms with van der Waals surface area (Å²) in [5, 5.41) is 4.52. The van der Waals surface area contributed by atoms with E-state index >= 15 is 0 Å². The first-order valence-corrected chi connectivity index (χ1v) is 15.9. The fourth-order valence-corrected chi connectivity index (χ4v) is 7.20. The largest absolute Gasteiger partial charge is 0.455 e. The minimum atomic E-state index is 0.911. The Morgan fingerprint density at radius 1 is 0.304 bits per heavy atom. The third-order valence-corrected chi connectivity index (χ3v) is 9.15. The van der Waals surface area contributed by atoms with Gasteiger partial charge >= 0.3 is 0 Å². The molecule has 0 aliphatic rings. The summed E-state index contributed by atoms with van der Waals surface area (Å²) in [6.45, 7) is 8.87. The standard InChI is InChI=1S/C44H34O2/c1-27-23-33(43-37-21-13-11-19-35(37)41(45-43)31-15-7-5-8-16-31)24-28(2)39(27)40-29(3)25-34(26-30(40)4)44-38-22-14-12-20-36(38)42(46-44)32-17-9-6-10-18-32/h5-26H,1-4H3. The summed E-state index contributed by atoms with van der Waals surface area (Å²) in [4.78, 5) is 0. The van der Waals surface area contributed by atoms with Crippen LogP contribution in [-0.4, -0.2) is 0 Å². The molecule has 0 saturated heterocycles. The van der Waals surface area contributed by atoms with Gasteiger partial charge in [-0.2, -0.15) is 0 Å². The maximum atomic E-state index is 6.66. The van der Waals surface area contributed by atoms with Crippen LogP contribution in [0.2, 0.25) is 0 Å². The van der Waals surface area contributed by atoms with Crippen LogP contribution in [0.25, 0.3) is 78.0 Å². The van der Waals surface area contributed by atoms with E-state index in [-0.39, 0.29) is 0 Å². The van der Waals surface area contributed by atoms with Crippen molar-refractivity contribution in [1.29, 1.82) is 0 Å². The van der Waals surface area contributed by atoms with Gasteiger partial charge in [0.25, 0.3) is 0 Å². The second-order valence-corrected chi connectivity index (χ2v) is 12.3. The van der Waals surface area contributed by atoms with Crippen molar-refractivity contribution >= 4 is 21.5 Å². The molecule has 0 saturated carbocycles. The quantitative estimate of drug-likeness (QED) is 0.198. The van der Waals surface area contributed by atoms with Crippen molar-refractivity contribution in [1.82, 2.24) is 0 Å². The molecule has 0 N–H and O–H groups in total. The van der Waals surface area contributed by atoms with Crippen LogP contribution in [-0.2, 0) is 0 Å². The first-order valence-electron chi connectivity index (χ1n) is 15.9. The van der Waals surface area contributed by atoms with Gasteiger partial charge in [-0.3, -0.25) is 0 Å². The molecule has 46 heavy (non-hydrogen) atoms. The summed E-state index contributed by atoms with van der Waals surface area (Å²) in [5.74, 6) is 3.65. The van der Waals surface area contributed by atoms with E-state index in [2.05, 4.69) is 149 Å². The number of hydrogen-bond donors (Lipinski definition) is 0. The molecule has 8 rings (SSSR count). The van der Waals surface area contributed by atoms with Crippen molar-refractivity contribution in [3.8, 4) is 56.4 Å². The summed E-state index contributed by atoms with van der Waals surface area (Å²) in [5.41, 5.74) is 11.8. The topological polar surface area (TPSA) is 26.3 Å². The van der Waals surface area contributed by atoms with Crippen LogP contribution in [0.4, 0.5) is 0 Å². The van der Waals surface area contributed by atoms with Gasteiger partial charge in [0.05, 0.1) is 0 Å². The van der Waals surface area contributed by atoms with E-state index in [1.807, 2.05) is 12.1 Å². The van der Waals surface area contributed by atoms with E-state index in [0.717, 1.165) is 66.8 Å². The molecule has 6 aromatic carbocycles. The van der Waals surface area contributed by atoms with Crippen molar-refractivity contribution < 1.29 is 8.83 Å². The average molecular weight is 595 g/mol. The van der Waals surface area contributed by atoms with Gasteiger partial charge in [0, 0.05) is 43.8 Å². The fourth-order valence-electron chi connectivity index (χ4n) is 7.20. The highest BCUT2D eigenvalue weighted by Crippen LogP contribution is 2.44. The van der Waals surface area contributed by atoms with Gasteiger partial charge in [0.1, 0.15) is 23.0 Å². The maximum absolute atomic E-state index is 6.66. The van der Waals surface area contributed by atoms with Crippen LogP contribution >= 0.6 is 0 Å². The molecular weight excluding hydrogens is 560 g/mol. The third kappa shape index (κ3) is 4.57. The average Bonchev–Trinajstić information content (AvgIpc) is 3.66. The lowest BCUT2D eigenvalue weighted by Crippen LogP contribution is -1.96. The molecule has 0 radical (unpaired) electrons. The number of fused-ring (bicyclic) bond motifs is 2. The summed E-state index contributed by atoms with van der Waals surface area (Å²) < 4.78 is 13.3. The lowest BCUT2D eigenvalue weighted by molar-refractivity contribution is 0.601. The predicted molar refractivity (Wildman–Crippen MR) is 192 cm³/mol. The second-order valence-electron chi connectivity index (χ2n) is 12.3. The Morgan fingerprint density at radius 3 is 0.870 bits per heavy atom. The van der Waals surface area contributed by atoms with Crippen LogP contribution in [0, 0.1) is 27.7 Å². The summed E-state index contributed by atoms with van der Waals surface area (Å²) in [7, 11) is 0. The lowest BCUT2D eigenvalue weighted by atomic mass is 9.86. The van der Waals surface area contributed by atoms with Gasteiger partial charge in [-0.05, 0) is 85.3 Å². The molecule has 0 spiro atoms. The van der Waals surface area contributed by atoms with E-state index in [1.165, 1.54) is 33.4 Å². The fraction of sp³-hybridized carbons (Fsp3) is 0.0909. The van der Waals surface area contributed by atoms with Gasteiger partial charge in [-0.15, -0.1) is 0 Å². The van der Waals surface area contributed by atoms with Gasteiger partial charge in [-0.25, -0.2) is 0 Å². The number of furan rings is 2. The minimum Gasteiger partial charge on any atom is -0.455 e. The van der Waals surface area contributed by atoms with Gasteiger partial charge in [-0.1, -0.05) is 109 Å². The van der Waals surface area contributed by atoms with E-state index in [9.17, 15) is 0 Å². The summed E-state index contributed by atoms with van der Waals surface area (Å²) in [6, 6.07) is 46.8. The molecule has 0 aliphatic heterocycles. The van der Waals surface area contributed by atoms with Crippen LogP contribution in [0.15, 0.2) is 142 Å². The number of hydrogen-bond acceptors (Lipinski definition) is 2. The molecule has 2 heteroatoms. The molecular formula is C44H34O2. The Bertz CT molecular complexity index is 2170. The molecule has 2 aromatic heterocycles. The Kier molecular flexibility index (Phi) is 6.73. The SMILES string of the molecule is Cc1cc(-c2oc(-c3ccccc3)c3ccccc23)cc(C)c1-c1c(C)cc(-c2oc(-c3ccccc3)c3ccccc23)cc1C. The minimum absolute atomic E-state index is 0.911. The number of rotatable bonds is 5. The molecule has 0 bridgehead atoms. The van der Waals surface area contributed by atoms with Gasteiger partial charge in [0.2, 0.25) is 0 Å². The van der Waals surface area contributed by atoms with E-state index in [1.54, 1.807) is 0 Å². The van der Waals surface area contributed by atoms with Gasteiger partial charge < -0.3 is 8.83 Å². The predicted octanol–water partition coefficient (Wildman–Crippen LogP) is 12.7. The molecule has 0 amide bonds. The van der Waals surface area contributed by atoms with Crippen LogP contribution in [0.3, 0.4) is 0 Å². The van der Waals surface area contributed by atoms with E-state index in [0.29, 0.717) is 0 Å². The maximum Gasteiger partial charge on any atom is 0.142 e. The molecule has 0 aliphatic carbocycles. The summed E-state index contributed by atoms with van der Waals surface area (Å²) in [6.07, 6.45) is 0. The smallest absolute Gasteiger partial charge is 0.142 e. The lowest BCUT2D eigenvalue weighted by Gasteiger charge is -2.18. The highest BCUT2D eigenvalue weighted by atomic mass is 16.3. The third-order valence-electron chi connectivity index (χ3n) is 9.15. The Balaban J connectivity index is 1.23. The second kappa shape index (κ2) is 11.1. The molecule has 0 unspecified atom stereocenters. The monoisotopic (exact) mass is 594 g/mol. The number of aryl methyl sites for hydroxylation is 4. The molecule has 2 nitrogen and oxygen atoms in total. The van der Waals surface area contributed by atoms with Crippen LogP contribution < -0.4 is 0 Å². The van der Waals surface area contributed by atoms with Crippen molar-refractivity contribution in [2.75, 3.05) is 0 Å². The highest BCUT2D eigenvalue weighted by molar-refractivity contribution is 6.04. The Hall–Kier alpha value is -5.60. The molecule has 8 aromatic rings. The van der Waals surface area contributed by atoms with Crippen molar-refractivity contribution in [3.63, 3.8) is 0 Å². The van der Waals surface area contributed by atoms with E-state index in [4.69, 9.17) is 8.83 Å². The first-order chi connectivity index (χ1) is 22.5. The zero-order valence-electron chi connectivity index (χ0n) is 26.5. The van der Waals surface area contributed by atoms with E-state index < -0.39 is 0 Å². The highest BCUT2D eigenvalue weighted by Gasteiger charge is 2.21. The zero-order valence-corrected chi connectivity index (χ0v) is 26.5. The summed E-state index contributed by atoms with van der Waals surface area (Å²) >= 11 is 0. The Morgan fingerprint density at radius 2 is 0.565 bits per heavy atom. The van der Waals surface area contributed by atoms with Crippen molar-refractivity contribution in [2.45, 2.75) is 27.7 Å². The van der Waals surface area contributed by atoms with Gasteiger partial charge in [0.15, 0.2) is 0 Å². The molecule has 0 atom stereocenters. The van der Waals surface area contributed by atoms with Crippen LogP contribution in [0.5, 0.6) is 0 Å². The Labute approximate surface area is 269 Å².